The van der Waals surface area contributed by atoms with Gasteiger partial charge < -0.3 is 5.32 Å². The Hall–Kier alpha value is -2.07. The highest BCUT2D eigenvalue weighted by molar-refractivity contribution is 7.80. The molecule has 0 aliphatic carbocycles. The molecule has 0 radical (unpaired) electrons. The van der Waals surface area contributed by atoms with Gasteiger partial charge in [-0.25, -0.2) is 0 Å². The first kappa shape index (κ1) is 14.3. The molecule has 20 heavy (non-hydrogen) atoms. The largest absolute Gasteiger partial charge is 0.331 e. The fourth-order valence-corrected chi connectivity index (χ4v) is 2.14. The van der Waals surface area contributed by atoms with Crippen molar-refractivity contribution in [1.82, 2.24) is 5.43 Å². The van der Waals surface area contributed by atoms with E-state index in [2.05, 4.69) is 42.8 Å². The predicted octanol–water partition coefficient (Wildman–Crippen LogP) is 3.64. The van der Waals surface area contributed by atoms with Crippen LogP contribution in [0.2, 0.25) is 0 Å². The Morgan fingerprint density at radius 1 is 1.05 bits per heavy atom. The van der Waals surface area contributed by atoms with Crippen LogP contribution >= 0.6 is 12.2 Å². The maximum absolute atomic E-state index is 5.35. The summed E-state index contributed by atoms with van der Waals surface area (Å²) in [6, 6.07) is 16.3. The van der Waals surface area contributed by atoms with Crippen molar-refractivity contribution in [2.24, 2.45) is 0 Å². The van der Waals surface area contributed by atoms with Crippen LogP contribution in [0.25, 0.3) is 0 Å². The zero-order chi connectivity index (χ0) is 14.5. The molecule has 2 rings (SSSR count). The molecule has 0 aromatic heterocycles. The zero-order valence-corrected chi connectivity index (χ0v) is 12.8. The van der Waals surface area contributed by atoms with Crippen LogP contribution in [0.4, 0.5) is 11.4 Å². The second kappa shape index (κ2) is 6.39. The van der Waals surface area contributed by atoms with E-state index < -0.39 is 0 Å². The number of para-hydroxylation sites is 1. The van der Waals surface area contributed by atoms with Crippen LogP contribution in [0.15, 0.2) is 48.5 Å². The molecular weight excluding hydrogens is 266 g/mol. The first-order valence-corrected chi connectivity index (χ1v) is 6.91. The van der Waals surface area contributed by atoms with Crippen molar-refractivity contribution in [2.75, 3.05) is 17.4 Å². The smallest absolute Gasteiger partial charge is 0.189 e. The number of hydrogen-bond acceptors (Lipinski definition) is 2. The van der Waals surface area contributed by atoms with Gasteiger partial charge in [-0.2, -0.15) is 0 Å². The van der Waals surface area contributed by atoms with E-state index in [0.717, 1.165) is 11.4 Å². The summed E-state index contributed by atoms with van der Waals surface area (Å²) in [6.45, 7) is 4.13. The molecule has 0 saturated heterocycles. The fraction of sp³-hybridized carbons (Fsp3) is 0.188. The van der Waals surface area contributed by atoms with E-state index in [1.54, 1.807) is 0 Å². The summed E-state index contributed by atoms with van der Waals surface area (Å²) in [5.41, 5.74) is 7.60. The molecule has 2 N–H and O–H groups in total. The van der Waals surface area contributed by atoms with Gasteiger partial charge in [0.15, 0.2) is 5.11 Å². The Morgan fingerprint density at radius 3 is 2.45 bits per heavy atom. The number of aryl methyl sites for hydroxylation is 2. The molecule has 2 aromatic rings. The topological polar surface area (TPSA) is 27.3 Å². The van der Waals surface area contributed by atoms with Crippen LogP contribution in [-0.4, -0.2) is 12.2 Å². The molecule has 0 aliphatic rings. The number of hydrogen-bond donors (Lipinski definition) is 2. The Balaban J connectivity index is 2.01. The van der Waals surface area contributed by atoms with Crippen LogP contribution in [0.3, 0.4) is 0 Å². The van der Waals surface area contributed by atoms with Crippen LogP contribution in [0.5, 0.6) is 0 Å². The Morgan fingerprint density at radius 2 is 1.75 bits per heavy atom. The third-order valence-electron chi connectivity index (χ3n) is 3.05. The molecule has 0 unspecified atom stereocenters. The number of rotatable bonds is 3. The van der Waals surface area contributed by atoms with E-state index in [1.165, 1.54) is 11.1 Å². The fourth-order valence-electron chi connectivity index (χ4n) is 1.89. The summed E-state index contributed by atoms with van der Waals surface area (Å²) in [5.74, 6) is 0. The van der Waals surface area contributed by atoms with Gasteiger partial charge in [-0.15, -0.1) is 0 Å². The SMILES string of the molecule is Cc1ccc(C)c(NC(=S)NN(C)c2ccccc2)c1. The second-order valence-electron chi connectivity index (χ2n) is 4.78. The Bertz CT molecular complexity index is 596. The van der Waals surface area contributed by atoms with Crippen molar-refractivity contribution < 1.29 is 0 Å². The van der Waals surface area contributed by atoms with E-state index in [4.69, 9.17) is 12.2 Å². The van der Waals surface area contributed by atoms with E-state index in [0.29, 0.717) is 5.11 Å². The summed E-state index contributed by atoms with van der Waals surface area (Å²) in [4.78, 5) is 0. The summed E-state index contributed by atoms with van der Waals surface area (Å²) >= 11 is 5.35. The normalized spacial score (nSPS) is 9.95. The second-order valence-corrected chi connectivity index (χ2v) is 5.19. The summed E-state index contributed by atoms with van der Waals surface area (Å²) in [7, 11) is 1.94. The lowest BCUT2D eigenvalue weighted by Gasteiger charge is -2.23. The molecule has 0 spiro atoms. The van der Waals surface area contributed by atoms with E-state index >= 15 is 0 Å². The monoisotopic (exact) mass is 285 g/mol. The highest BCUT2D eigenvalue weighted by Gasteiger charge is 2.04. The van der Waals surface area contributed by atoms with Crippen molar-refractivity contribution >= 4 is 28.7 Å². The van der Waals surface area contributed by atoms with E-state index in [-0.39, 0.29) is 0 Å². The van der Waals surface area contributed by atoms with Crippen molar-refractivity contribution in [3.05, 3.63) is 59.7 Å². The van der Waals surface area contributed by atoms with Crippen LogP contribution in [0.1, 0.15) is 11.1 Å². The van der Waals surface area contributed by atoms with E-state index in [1.807, 2.05) is 42.4 Å². The molecular formula is C16H19N3S. The number of anilines is 2. The number of thiocarbonyl (C=S) groups is 1. The van der Waals surface area contributed by atoms with Gasteiger partial charge in [0.1, 0.15) is 0 Å². The molecule has 0 heterocycles. The van der Waals surface area contributed by atoms with Crippen molar-refractivity contribution in [3.63, 3.8) is 0 Å². The van der Waals surface area contributed by atoms with E-state index in [9.17, 15) is 0 Å². The minimum atomic E-state index is 0.574. The lowest BCUT2D eigenvalue weighted by atomic mass is 10.1. The van der Waals surface area contributed by atoms with Gasteiger partial charge in [-0.05, 0) is 55.4 Å². The van der Waals surface area contributed by atoms with Crippen LogP contribution in [0, 0.1) is 13.8 Å². The van der Waals surface area contributed by atoms with Crippen LogP contribution in [-0.2, 0) is 0 Å². The van der Waals surface area contributed by atoms with Gasteiger partial charge in [0.25, 0.3) is 0 Å². The summed E-state index contributed by atoms with van der Waals surface area (Å²) < 4.78 is 0. The van der Waals surface area contributed by atoms with Gasteiger partial charge >= 0.3 is 0 Å². The minimum absolute atomic E-state index is 0.574. The number of nitrogens with zero attached hydrogens (tertiary/aromatic N) is 1. The van der Waals surface area contributed by atoms with Crippen molar-refractivity contribution in [1.29, 1.82) is 0 Å². The molecule has 0 atom stereocenters. The summed E-state index contributed by atoms with van der Waals surface area (Å²) in [6.07, 6.45) is 0. The van der Waals surface area contributed by atoms with Crippen LogP contribution < -0.4 is 15.8 Å². The van der Waals surface area contributed by atoms with Gasteiger partial charge in [0, 0.05) is 12.7 Å². The Labute approximate surface area is 125 Å². The predicted molar refractivity (Wildman–Crippen MR) is 90.1 cm³/mol. The lowest BCUT2D eigenvalue weighted by Crippen LogP contribution is -2.41. The highest BCUT2D eigenvalue weighted by Crippen LogP contribution is 2.16. The lowest BCUT2D eigenvalue weighted by molar-refractivity contribution is 0.888. The summed E-state index contributed by atoms with van der Waals surface area (Å²) in [5, 5.41) is 5.69. The molecule has 2 aromatic carbocycles. The molecule has 0 bridgehead atoms. The zero-order valence-electron chi connectivity index (χ0n) is 12.0. The van der Waals surface area contributed by atoms with Gasteiger partial charge in [-0.3, -0.25) is 10.4 Å². The quantitative estimate of drug-likeness (QED) is 0.665. The molecule has 0 saturated carbocycles. The average Bonchev–Trinajstić information content (AvgIpc) is 2.43. The van der Waals surface area contributed by atoms with Gasteiger partial charge in [0.2, 0.25) is 0 Å². The van der Waals surface area contributed by atoms with Gasteiger partial charge in [-0.1, -0.05) is 30.3 Å². The number of hydrazine groups is 1. The highest BCUT2D eigenvalue weighted by atomic mass is 32.1. The molecule has 4 heteroatoms. The molecule has 3 nitrogen and oxygen atoms in total. The first-order chi connectivity index (χ1) is 9.56. The van der Waals surface area contributed by atoms with Gasteiger partial charge in [0.05, 0.1) is 5.69 Å². The number of benzene rings is 2. The standard InChI is InChI=1S/C16H19N3S/c1-12-9-10-13(2)15(11-12)17-16(20)18-19(3)14-7-5-4-6-8-14/h4-11H,1-3H3,(H2,17,18,20). The molecule has 0 amide bonds. The minimum Gasteiger partial charge on any atom is -0.331 e. The van der Waals surface area contributed by atoms with Crippen molar-refractivity contribution in [2.45, 2.75) is 13.8 Å². The van der Waals surface area contributed by atoms with Crippen molar-refractivity contribution in [3.8, 4) is 0 Å². The first-order valence-electron chi connectivity index (χ1n) is 6.50. The average molecular weight is 285 g/mol. The third kappa shape index (κ3) is 3.71. The maximum atomic E-state index is 5.35. The molecule has 104 valence electrons. The Kier molecular flexibility index (Phi) is 4.58. The maximum Gasteiger partial charge on any atom is 0.189 e. The number of nitrogens with one attached hydrogen (secondary N) is 2. The third-order valence-corrected chi connectivity index (χ3v) is 3.25. The molecule has 0 aliphatic heterocycles. The molecule has 0 fully saturated rings.